The Hall–Kier alpha value is -6.19. The number of pyridine rings is 3. The highest BCUT2D eigenvalue weighted by atomic mass is 14.8. The van der Waals surface area contributed by atoms with Crippen LogP contribution in [0.4, 0.5) is 0 Å². The number of nitrogens with zero attached hydrogens (tertiary/aromatic N) is 3. The van der Waals surface area contributed by atoms with Crippen molar-refractivity contribution in [1.82, 2.24) is 15.0 Å². The number of hydrogen-bond donors (Lipinski definition) is 0. The molecule has 46 heavy (non-hydrogen) atoms. The Labute approximate surface area is 266 Å². The number of aromatic nitrogens is 3. The first kappa shape index (κ1) is 26.2. The van der Waals surface area contributed by atoms with Gasteiger partial charge in [-0.3, -0.25) is 0 Å². The van der Waals surface area contributed by atoms with Gasteiger partial charge in [0.1, 0.15) is 0 Å². The Morgan fingerprint density at radius 3 is 1.59 bits per heavy atom. The Morgan fingerprint density at radius 2 is 0.848 bits per heavy atom. The van der Waals surface area contributed by atoms with Gasteiger partial charge in [-0.25, -0.2) is 15.0 Å². The molecule has 0 aliphatic rings. The smallest absolute Gasteiger partial charge is 0.0978 e. The number of fused-ring (bicyclic) bond motifs is 5. The van der Waals surface area contributed by atoms with Crippen LogP contribution in [0.5, 0.6) is 0 Å². The minimum atomic E-state index is 0.917. The zero-order valence-electron chi connectivity index (χ0n) is 24.9. The van der Waals surface area contributed by atoms with Crippen LogP contribution in [0.15, 0.2) is 164 Å². The SMILES string of the molecule is c1ccc(-c2c3ccccc3nc3c2ccc2ccc(-c4ccc(-c5ccc(-c6ccc7ccccc7n6)cc5)cc4)nc23)cc1. The van der Waals surface area contributed by atoms with E-state index in [1.54, 1.807) is 0 Å². The Balaban J connectivity index is 1.08. The quantitative estimate of drug-likeness (QED) is 0.152. The first-order valence-electron chi connectivity index (χ1n) is 15.5. The highest BCUT2D eigenvalue weighted by Gasteiger charge is 2.15. The van der Waals surface area contributed by atoms with Crippen molar-refractivity contribution < 1.29 is 0 Å². The predicted molar refractivity (Wildman–Crippen MR) is 192 cm³/mol. The van der Waals surface area contributed by atoms with Crippen LogP contribution in [0.1, 0.15) is 0 Å². The maximum Gasteiger partial charge on any atom is 0.0978 e. The van der Waals surface area contributed by atoms with Crippen molar-refractivity contribution in [3.05, 3.63) is 164 Å². The lowest BCUT2D eigenvalue weighted by molar-refractivity contribution is 1.39. The van der Waals surface area contributed by atoms with E-state index in [0.29, 0.717) is 0 Å². The van der Waals surface area contributed by atoms with E-state index in [2.05, 4.69) is 152 Å². The number of rotatable bonds is 4. The van der Waals surface area contributed by atoms with E-state index >= 15 is 0 Å². The number of benzene rings is 6. The topological polar surface area (TPSA) is 38.7 Å². The van der Waals surface area contributed by atoms with Crippen molar-refractivity contribution >= 4 is 43.6 Å². The second kappa shape index (κ2) is 10.8. The van der Waals surface area contributed by atoms with E-state index in [4.69, 9.17) is 15.0 Å². The molecule has 0 radical (unpaired) electrons. The molecule has 0 bridgehead atoms. The molecule has 0 atom stereocenters. The van der Waals surface area contributed by atoms with Crippen molar-refractivity contribution in [2.75, 3.05) is 0 Å². The summed E-state index contributed by atoms with van der Waals surface area (Å²) < 4.78 is 0. The lowest BCUT2D eigenvalue weighted by Crippen LogP contribution is -1.93. The second-order valence-corrected chi connectivity index (χ2v) is 11.6. The molecule has 3 nitrogen and oxygen atoms in total. The van der Waals surface area contributed by atoms with Gasteiger partial charge in [0.2, 0.25) is 0 Å². The number of para-hydroxylation sites is 2. The molecule has 0 N–H and O–H groups in total. The summed E-state index contributed by atoms with van der Waals surface area (Å²) in [6.07, 6.45) is 0. The zero-order valence-corrected chi connectivity index (χ0v) is 24.9. The lowest BCUT2D eigenvalue weighted by atomic mass is 9.95. The van der Waals surface area contributed by atoms with Crippen LogP contribution < -0.4 is 0 Å². The summed E-state index contributed by atoms with van der Waals surface area (Å²) in [5, 5.41) is 4.49. The third kappa shape index (κ3) is 4.49. The molecule has 214 valence electrons. The lowest BCUT2D eigenvalue weighted by Gasteiger charge is -2.13. The van der Waals surface area contributed by atoms with Crippen LogP contribution >= 0.6 is 0 Å². The van der Waals surface area contributed by atoms with Crippen molar-refractivity contribution in [3.63, 3.8) is 0 Å². The van der Waals surface area contributed by atoms with E-state index in [-0.39, 0.29) is 0 Å². The van der Waals surface area contributed by atoms with Gasteiger partial charge in [-0.1, -0.05) is 140 Å². The summed E-state index contributed by atoms with van der Waals surface area (Å²) in [6.45, 7) is 0. The van der Waals surface area contributed by atoms with Gasteiger partial charge in [0.25, 0.3) is 0 Å². The highest BCUT2D eigenvalue weighted by molar-refractivity contribution is 6.16. The van der Waals surface area contributed by atoms with Gasteiger partial charge in [0, 0.05) is 38.2 Å². The van der Waals surface area contributed by atoms with Crippen LogP contribution in [0.3, 0.4) is 0 Å². The van der Waals surface area contributed by atoms with Gasteiger partial charge in [-0.2, -0.15) is 0 Å². The molecule has 0 fully saturated rings. The molecule has 0 aliphatic carbocycles. The average molecular weight is 586 g/mol. The monoisotopic (exact) mass is 585 g/mol. The fourth-order valence-electron chi connectivity index (χ4n) is 6.51. The summed E-state index contributed by atoms with van der Waals surface area (Å²) in [5.41, 5.74) is 12.6. The van der Waals surface area contributed by atoms with Crippen molar-refractivity contribution in [2.45, 2.75) is 0 Å². The largest absolute Gasteiger partial charge is 0.248 e. The molecular weight excluding hydrogens is 558 g/mol. The molecule has 0 aliphatic heterocycles. The normalized spacial score (nSPS) is 11.5. The van der Waals surface area contributed by atoms with E-state index in [9.17, 15) is 0 Å². The molecule has 3 heterocycles. The van der Waals surface area contributed by atoms with Gasteiger partial charge in [0.15, 0.2) is 0 Å². The molecule has 0 unspecified atom stereocenters. The minimum Gasteiger partial charge on any atom is -0.248 e. The summed E-state index contributed by atoms with van der Waals surface area (Å²) >= 11 is 0. The third-order valence-electron chi connectivity index (χ3n) is 8.87. The van der Waals surface area contributed by atoms with Crippen LogP contribution in [0, 0.1) is 0 Å². The van der Waals surface area contributed by atoms with Crippen molar-refractivity contribution in [1.29, 1.82) is 0 Å². The van der Waals surface area contributed by atoms with E-state index < -0.39 is 0 Å². The molecule has 9 rings (SSSR count). The molecular formula is C43H27N3. The fraction of sp³-hybridized carbons (Fsp3) is 0. The molecule has 9 aromatic rings. The second-order valence-electron chi connectivity index (χ2n) is 11.6. The number of hydrogen-bond acceptors (Lipinski definition) is 3. The Kier molecular flexibility index (Phi) is 6.14. The van der Waals surface area contributed by atoms with E-state index in [0.717, 1.165) is 77.3 Å². The summed E-state index contributed by atoms with van der Waals surface area (Å²) in [7, 11) is 0. The summed E-state index contributed by atoms with van der Waals surface area (Å²) in [4.78, 5) is 15.2. The van der Waals surface area contributed by atoms with Crippen molar-refractivity contribution in [2.24, 2.45) is 0 Å². The Morgan fingerprint density at radius 1 is 0.283 bits per heavy atom. The molecule has 0 saturated carbocycles. The highest BCUT2D eigenvalue weighted by Crippen LogP contribution is 2.38. The van der Waals surface area contributed by atoms with Crippen LogP contribution in [0.25, 0.3) is 88.4 Å². The van der Waals surface area contributed by atoms with Gasteiger partial charge in [-0.15, -0.1) is 0 Å². The van der Waals surface area contributed by atoms with Crippen LogP contribution in [0.2, 0.25) is 0 Å². The molecule has 0 saturated heterocycles. The molecule has 0 spiro atoms. The molecule has 3 heteroatoms. The zero-order chi connectivity index (χ0) is 30.5. The molecule has 6 aromatic carbocycles. The maximum atomic E-state index is 5.21. The van der Waals surface area contributed by atoms with Gasteiger partial charge in [-0.05, 0) is 41.0 Å². The molecule has 3 aromatic heterocycles. The van der Waals surface area contributed by atoms with E-state index in [1.807, 2.05) is 12.1 Å². The summed E-state index contributed by atoms with van der Waals surface area (Å²) in [6, 6.07) is 57.3. The Bertz CT molecular complexity index is 2550. The van der Waals surface area contributed by atoms with Gasteiger partial charge < -0.3 is 0 Å². The average Bonchev–Trinajstić information content (AvgIpc) is 3.14. The van der Waals surface area contributed by atoms with E-state index in [1.165, 1.54) is 11.1 Å². The van der Waals surface area contributed by atoms with Crippen LogP contribution in [-0.2, 0) is 0 Å². The minimum absolute atomic E-state index is 0.917. The van der Waals surface area contributed by atoms with Crippen molar-refractivity contribution in [3.8, 4) is 44.8 Å². The first-order valence-corrected chi connectivity index (χ1v) is 15.5. The maximum absolute atomic E-state index is 5.21. The first-order chi connectivity index (χ1) is 22.8. The summed E-state index contributed by atoms with van der Waals surface area (Å²) in [5.74, 6) is 0. The molecule has 0 amide bonds. The van der Waals surface area contributed by atoms with Gasteiger partial charge >= 0.3 is 0 Å². The fourth-order valence-corrected chi connectivity index (χ4v) is 6.51. The van der Waals surface area contributed by atoms with Crippen LogP contribution in [-0.4, -0.2) is 15.0 Å². The third-order valence-corrected chi connectivity index (χ3v) is 8.87. The predicted octanol–water partition coefficient (Wildman–Crippen LogP) is 11.2. The standard InChI is InChI=1S/C43H27N3/c1-2-9-33(10-3-1)41-35-11-5-7-13-40(35)46-43-36(41)25-22-34-24-27-39(45-42(34)43)32-20-16-29(17-21-32)28-14-18-31(19-15-28)38-26-23-30-8-4-6-12-37(30)44-38/h1-27H. The van der Waals surface area contributed by atoms with Gasteiger partial charge in [0.05, 0.1) is 33.5 Å².